The Kier molecular flexibility index (Phi) is 4.78. The maximum Gasteiger partial charge on any atom is 0.422 e. The standard InChI is InChI=1S/C12H10ClF3O2/c1-8(9-4-2-3-5-10(9)13)6-11(17)18-7-12(14,15)16/h2-6H,7H2,1H3/b8-6-. The highest BCUT2D eigenvalue weighted by Crippen LogP contribution is 2.23. The predicted octanol–water partition coefficient (Wildman–Crippen LogP) is 3.85. The summed E-state index contributed by atoms with van der Waals surface area (Å²) in [6.07, 6.45) is -3.55. The minimum absolute atomic E-state index is 0.412. The molecule has 0 spiro atoms. The summed E-state index contributed by atoms with van der Waals surface area (Å²) >= 11 is 5.88. The summed E-state index contributed by atoms with van der Waals surface area (Å²) in [5, 5.41) is 0.412. The van der Waals surface area contributed by atoms with Gasteiger partial charge in [-0.3, -0.25) is 0 Å². The first-order valence-electron chi connectivity index (χ1n) is 4.96. The number of alkyl halides is 3. The first-order valence-corrected chi connectivity index (χ1v) is 5.34. The number of ether oxygens (including phenoxy) is 1. The van der Waals surface area contributed by atoms with Crippen molar-refractivity contribution in [1.82, 2.24) is 0 Å². The van der Waals surface area contributed by atoms with Crippen LogP contribution in [0.4, 0.5) is 13.2 Å². The second-order valence-electron chi connectivity index (χ2n) is 3.53. The number of benzene rings is 1. The molecule has 0 aliphatic rings. The number of allylic oxidation sites excluding steroid dienone is 1. The van der Waals surface area contributed by atoms with E-state index in [2.05, 4.69) is 4.74 Å². The van der Waals surface area contributed by atoms with Gasteiger partial charge in [0.15, 0.2) is 6.61 Å². The van der Waals surface area contributed by atoms with Gasteiger partial charge in [-0.15, -0.1) is 0 Å². The lowest BCUT2D eigenvalue weighted by atomic mass is 10.1. The van der Waals surface area contributed by atoms with Crippen LogP contribution in [0.15, 0.2) is 30.3 Å². The third-order valence-electron chi connectivity index (χ3n) is 2.01. The van der Waals surface area contributed by atoms with Crippen LogP contribution in [-0.2, 0) is 9.53 Å². The van der Waals surface area contributed by atoms with Gasteiger partial charge in [-0.25, -0.2) is 4.79 Å². The van der Waals surface area contributed by atoms with Crippen LogP contribution in [0.25, 0.3) is 5.57 Å². The summed E-state index contributed by atoms with van der Waals surface area (Å²) in [6, 6.07) is 6.70. The number of esters is 1. The van der Waals surface area contributed by atoms with Gasteiger partial charge in [0.25, 0.3) is 0 Å². The van der Waals surface area contributed by atoms with Gasteiger partial charge in [0.2, 0.25) is 0 Å². The number of hydrogen-bond acceptors (Lipinski definition) is 2. The zero-order valence-electron chi connectivity index (χ0n) is 9.42. The first-order chi connectivity index (χ1) is 8.29. The molecule has 1 aromatic carbocycles. The molecule has 0 aliphatic heterocycles. The molecule has 1 rings (SSSR count). The zero-order valence-corrected chi connectivity index (χ0v) is 10.2. The topological polar surface area (TPSA) is 26.3 Å². The second-order valence-corrected chi connectivity index (χ2v) is 3.94. The van der Waals surface area contributed by atoms with Crippen LogP contribution >= 0.6 is 11.6 Å². The smallest absolute Gasteiger partial charge is 0.422 e. The van der Waals surface area contributed by atoms with E-state index in [1.165, 1.54) is 0 Å². The Balaban J connectivity index is 2.72. The van der Waals surface area contributed by atoms with E-state index in [-0.39, 0.29) is 0 Å². The van der Waals surface area contributed by atoms with Gasteiger partial charge in [-0.1, -0.05) is 29.8 Å². The Morgan fingerprint density at radius 2 is 2.00 bits per heavy atom. The van der Waals surface area contributed by atoms with Crippen LogP contribution in [0.2, 0.25) is 5.02 Å². The Bertz CT molecular complexity index is 467. The third kappa shape index (κ3) is 4.79. The fourth-order valence-electron chi connectivity index (χ4n) is 1.23. The van der Waals surface area contributed by atoms with E-state index in [9.17, 15) is 18.0 Å². The van der Waals surface area contributed by atoms with E-state index in [0.29, 0.717) is 16.2 Å². The van der Waals surface area contributed by atoms with Gasteiger partial charge in [-0.2, -0.15) is 13.2 Å². The van der Waals surface area contributed by atoms with Gasteiger partial charge in [0.05, 0.1) is 0 Å². The molecule has 0 amide bonds. The van der Waals surface area contributed by atoms with Crippen molar-refractivity contribution in [2.24, 2.45) is 0 Å². The Morgan fingerprint density at radius 1 is 1.39 bits per heavy atom. The monoisotopic (exact) mass is 278 g/mol. The maximum atomic E-state index is 11.8. The van der Waals surface area contributed by atoms with E-state index < -0.39 is 18.8 Å². The Labute approximate surface area is 107 Å². The summed E-state index contributed by atoms with van der Waals surface area (Å²) in [5.74, 6) is -1.05. The number of hydrogen-bond donors (Lipinski definition) is 0. The van der Waals surface area contributed by atoms with Gasteiger partial charge in [-0.05, 0) is 24.1 Å². The molecule has 1 aromatic rings. The quantitative estimate of drug-likeness (QED) is 0.620. The average Bonchev–Trinajstić information content (AvgIpc) is 2.26. The lowest BCUT2D eigenvalue weighted by Gasteiger charge is -2.07. The molecule has 98 valence electrons. The van der Waals surface area contributed by atoms with Crippen LogP contribution in [0.5, 0.6) is 0 Å². The Morgan fingerprint density at radius 3 is 2.56 bits per heavy atom. The van der Waals surface area contributed by atoms with Crippen molar-refractivity contribution in [3.63, 3.8) is 0 Å². The highest BCUT2D eigenvalue weighted by Gasteiger charge is 2.29. The van der Waals surface area contributed by atoms with Crippen LogP contribution < -0.4 is 0 Å². The normalized spacial score (nSPS) is 12.4. The molecule has 0 bridgehead atoms. The molecule has 0 saturated heterocycles. The number of halogens is 4. The van der Waals surface area contributed by atoms with Crippen LogP contribution in [0.1, 0.15) is 12.5 Å². The van der Waals surface area contributed by atoms with Crippen molar-refractivity contribution in [2.45, 2.75) is 13.1 Å². The lowest BCUT2D eigenvalue weighted by molar-refractivity contribution is -0.182. The molecule has 0 atom stereocenters. The molecule has 0 N–H and O–H groups in total. The molecular weight excluding hydrogens is 269 g/mol. The molecule has 0 fully saturated rings. The van der Waals surface area contributed by atoms with Crippen molar-refractivity contribution >= 4 is 23.1 Å². The van der Waals surface area contributed by atoms with Crippen LogP contribution in [0.3, 0.4) is 0 Å². The van der Waals surface area contributed by atoms with Gasteiger partial charge >= 0.3 is 12.1 Å². The third-order valence-corrected chi connectivity index (χ3v) is 2.34. The zero-order chi connectivity index (χ0) is 13.8. The highest BCUT2D eigenvalue weighted by molar-refractivity contribution is 6.32. The van der Waals surface area contributed by atoms with Crippen molar-refractivity contribution in [2.75, 3.05) is 6.61 Å². The van der Waals surface area contributed by atoms with Crippen molar-refractivity contribution in [3.05, 3.63) is 40.9 Å². The summed E-state index contributed by atoms with van der Waals surface area (Å²) in [6.45, 7) is -0.0335. The van der Waals surface area contributed by atoms with Crippen LogP contribution in [0, 0.1) is 0 Å². The van der Waals surface area contributed by atoms with Crippen molar-refractivity contribution in [1.29, 1.82) is 0 Å². The molecule has 0 saturated carbocycles. The molecule has 0 heterocycles. The first kappa shape index (κ1) is 14.6. The maximum absolute atomic E-state index is 11.8. The Hall–Kier alpha value is -1.49. The van der Waals surface area contributed by atoms with Crippen molar-refractivity contribution < 1.29 is 22.7 Å². The van der Waals surface area contributed by atoms with E-state index in [0.717, 1.165) is 6.08 Å². The van der Waals surface area contributed by atoms with E-state index in [1.54, 1.807) is 31.2 Å². The highest BCUT2D eigenvalue weighted by atomic mass is 35.5. The molecule has 0 aromatic heterocycles. The summed E-state index contributed by atoms with van der Waals surface area (Å²) < 4.78 is 39.5. The van der Waals surface area contributed by atoms with E-state index in [1.807, 2.05) is 0 Å². The minimum Gasteiger partial charge on any atom is -0.453 e. The SMILES string of the molecule is C/C(=C/C(=O)OCC(F)(F)F)c1ccccc1Cl. The van der Waals surface area contributed by atoms with Crippen LogP contribution in [-0.4, -0.2) is 18.8 Å². The molecule has 0 radical (unpaired) electrons. The molecule has 18 heavy (non-hydrogen) atoms. The van der Waals surface area contributed by atoms with Gasteiger partial charge in [0, 0.05) is 11.1 Å². The fourth-order valence-corrected chi connectivity index (χ4v) is 1.51. The van der Waals surface area contributed by atoms with Gasteiger partial charge < -0.3 is 4.74 Å². The molecule has 0 aliphatic carbocycles. The summed E-state index contributed by atoms with van der Waals surface area (Å²) in [4.78, 5) is 11.1. The molecule has 6 heteroatoms. The lowest BCUT2D eigenvalue weighted by Crippen LogP contribution is -2.19. The molecular formula is C12H10ClF3O2. The van der Waals surface area contributed by atoms with E-state index >= 15 is 0 Å². The number of carbonyl (C=O) groups is 1. The summed E-state index contributed by atoms with van der Waals surface area (Å²) in [5.41, 5.74) is 1.01. The van der Waals surface area contributed by atoms with Gasteiger partial charge in [0.1, 0.15) is 0 Å². The van der Waals surface area contributed by atoms with E-state index in [4.69, 9.17) is 11.6 Å². The largest absolute Gasteiger partial charge is 0.453 e. The predicted molar refractivity (Wildman–Crippen MR) is 62.1 cm³/mol. The number of rotatable bonds is 3. The molecule has 2 nitrogen and oxygen atoms in total. The van der Waals surface area contributed by atoms with Crippen molar-refractivity contribution in [3.8, 4) is 0 Å². The second kappa shape index (κ2) is 5.91. The minimum atomic E-state index is -4.53. The number of carbonyl (C=O) groups excluding carboxylic acids is 1. The summed E-state index contributed by atoms with van der Waals surface area (Å²) in [7, 11) is 0. The fraction of sp³-hybridized carbons (Fsp3) is 0.250. The molecule has 0 unspecified atom stereocenters. The average molecular weight is 279 g/mol.